The molecule has 21 heavy (non-hydrogen) atoms. The second-order valence-corrected chi connectivity index (χ2v) is 4.62. The summed E-state index contributed by atoms with van der Waals surface area (Å²) in [6.45, 7) is 0.409. The van der Waals surface area contributed by atoms with Crippen LogP contribution < -0.4 is 5.32 Å². The molecule has 0 radical (unpaired) electrons. The summed E-state index contributed by atoms with van der Waals surface area (Å²) in [5.41, 5.74) is 1.34. The number of halogens is 2. The van der Waals surface area contributed by atoms with Gasteiger partial charge < -0.3 is 15.2 Å². The van der Waals surface area contributed by atoms with Crippen LogP contribution in [0.25, 0.3) is 0 Å². The van der Waals surface area contributed by atoms with Crippen molar-refractivity contribution in [2.24, 2.45) is 0 Å². The van der Waals surface area contributed by atoms with Crippen molar-refractivity contribution in [3.05, 3.63) is 65.2 Å². The molecular weight excluding hydrogens is 276 g/mol. The van der Waals surface area contributed by atoms with E-state index in [0.29, 0.717) is 6.61 Å². The summed E-state index contributed by atoms with van der Waals surface area (Å²) >= 11 is 0. The Morgan fingerprint density at radius 3 is 2.43 bits per heavy atom. The summed E-state index contributed by atoms with van der Waals surface area (Å²) in [5.74, 6) is -1.51. The molecule has 5 heteroatoms. The number of benzene rings is 2. The van der Waals surface area contributed by atoms with Crippen LogP contribution in [0.4, 0.5) is 14.5 Å². The summed E-state index contributed by atoms with van der Waals surface area (Å²) in [6.07, 6.45) is -1.28. The van der Waals surface area contributed by atoms with Crippen LogP contribution in [0.5, 0.6) is 0 Å². The van der Waals surface area contributed by atoms with Gasteiger partial charge in [-0.15, -0.1) is 0 Å². The molecule has 1 atom stereocenters. The Balaban J connectivity index is 2.09. The van der Waals surface area contributed by atoms with Crippen LogP contribution in [0.3, 0.4) is 0 Å². The Kier molecular flexibility index (Phi) is 5.25. The Bertz CT molecular complexity index is 584. The lowest BCUT2D eigenvalue weighted by molar-refractivity contribution is 0.179. The fourth-order valence-corrected chi connectivity index (χ4v) is 2.11. The summed E-state index contributed by atoms with van der Waals surface area (Å²) in [5, 5.41) is 13.0. The van der Waals surface area contributed by atoms with Gasteiger partial charge in [-0.3, -0.25) is 0 Å². The smallest absolute Gasteiger partial charge is 0.132 e. The molecular formula is C16H17F2NO2. The van der Waals surface area contributed by atoms with Crippen LogP contribution in [0, 0.1) is 11.6 Å². The van der Waals surface area contributed by atoms with E-state index in [4.69, 9.17) is 4.74 Å². The Morgan fingerprint density at radius 2 is 1.76 bits per heavy atom. The molecule has 2 aromatic rings. The molecule has 0 aliphatic rings. The van der Waals surface area contributed by atoms with Crippen molar-refractivity contribution in [1.29, 1.82) is 0 Å². The van der Waals surface area contributed by atoms with Crippen molar-refractivity contribution >= 4 is 5.69 Å². The first-order valence-electron chi connectivity index (χ1n) is 6.56. The number of hydrogen-bond acceptors (Lipinski definition) is 3. The predicted octanol–water partition coefficient (Wildman–Crippen LogP) is 3.26. The number of ether oxygens (including phenoxy) is 1. The fourth-order valence-electron chi connectivity index (χ4n) is 2.11. The van der Waals surface area contributed by atoms with Gasteiger partial charge in [0.2, 0.25) is 0 Å². The Labute approximate surface area is 122 Å². The molecule has 0 aromatic heterocycles. The highest BCUT2D eigenvalue weighted by Gasteiger charge is 2.17. The van der Waals surface area contributed by atoms with Crippen molar-refractivity contribution in [2.45, 2.75) is 12.7 Å². The van der Waals surface area contributed by atoms with Crippen molar-refractivity contribution in [3.63, 3.8) is 0 Å². The molecule has 3 nitrogen and oxygen atoms in total. The molecule has 2 aromatic carbocycles. The van der Waals surface area contributed by atoms with E-state index in [9.17, 15) is 13.9 Å². The zero-order chi connectivity index (χ0) is 15.2. The first-order chi connectivity index (χ1) is 10.1. The summed E-state index contributed by atoms with van der Waals surface area (Å²) in [7, 11) is 1.58. The Morgan fingerprint density at radius 1 is 1.10 bits per heavy atom. The molecule has 0 fully saturated rings. The largest absolute Gasteiger partial charge is 0.386 e. The molecule has 2 rings (SSSR count). The molecule has 2 N–H and O–H groups in total. The van der Waals surface area contributed by atoms with E-state index in [2.05, 4.69) is 5.32 Å². The second kappa shape index (κ2) is 7.15. The number of nitrogens with one attached hydrogen (secondary N) is 1. The van der Waals surface area contributed by atoms with Crippen LogP contribution in [0.2, 0.25) is 0 Å². The van der Waals surface area contributed by atoms with Crippen LogP contribution in [-0.2, 0) is 11.3 Å². The minimum atomic E-state index is -1.28. The van der Waals surface area contributed by atoms with E-state index in [0.717, 1.165) is 23.4 Å². The zero-order valence-corrected chi connectivity index (χ0v) is 11.6. The van der Waals surface area contributed by atoms with Crippen LogP contribution in [0.1, 0.15) is 17.2 Å². The standard InChI is InChI=1S/C16H17F2NO2/c1-21-10-11-5-2-3-8-14(11)19-9-15(20)16-12(17)6-4-7-13(16)18/h2-8,15,19-20H,9-10H2,1H3. The molecule has 0 heterocycles. The van der Waals surface area contributed by atoms with E-state index in [1.165, 1.54) is 6.07 Å². The van der Waals surface area contributed by atoms with E-state index in [1.807, 2.05) is 24.3 Å². The SMILES string of the molecule is COCc1ccccc1NCC(O)c1c(F)cccc1F. The maximum absolute atomic E-state index is 13.6. The van der Waals surface area contributed by atoms with Gasteiger partial charge in [0, 0.05) is 24.9 Å². The number of hydrogen-bond donors (Lipinski definition) is 2. The van der Waals surface area contributed by atoms with Gasteiger partial charge in [-0.2, -0.15) is 0 Å². The van der Waals surface area contributed by atoms with Crippen molar-refractivity contribution in [1.82, 2.24) is 0 Å². The molecule has 0 aliphatic heterocycles. The minimum absolute atomic E-state index is 0.00141. The molecule has 0 amide bonds. The Hall–Kier alpha value is -1.98. The van der Waals surface area contributed by atoms with E-state index >= 15 is 0 Å². The number of anilines is 1. The topological polar surface area (TPSA) is 41.5 Å². The van der Waals surface area contributed by atoms with E-state index < -0.39 is 17.7 Å². The summed E-state index contributed by atoms with van der Waals surface area (Å²) in [4.78, 5) is 0. The number of methoxy groups -OCH3 is 1. The highest BCUT2D eigenvalue weighted by Crippen LogP contribution is 2.22. The third-order valence-corrected chi connectivity index (χ3v) is 3.14. The number of rotatable bonds is 6. The lowest BCUT2D eigenvalue weighted by atomic mass is 10.1. The lowest BCUT2D eigenvalue weighted by Gasteiger charge is -2.16. The average molecular weight is 293 g/mol. The molecule has 0 aliphatic carbocycles. The van der Waals surface area contributed by atoms with Gasteiger partial charge in [-0.25, -0.2) is 8.78 Å². The number of aliphatic hydroxyl groups excluding tert-OH is 1. The normalized spacial score (nSPS) is 12.2. The second-order valence-electron chi connectivity index (χ2n) is 4.62. The lowest BCUT2D eigenvalue weighted by Crippen LogP contribution is -2.16. The third kappa shape index (κ3) is 3.77. The van der Waals surface area contributed by atoms with E-state index in [-0.39, 0.29) is 12.1 Å². The third-order valence-electron chi connectivity index (χ3n) is 3.14. The van der Waals surface area contributed by atoms with Gasteiger partial charge in [0.1, 0.15) is 17.7 Å². The van der Waals surface area contributed by atoms with Crippen LogP contribution in [-0.4, -0.2) is 18.8 Å². The average Bonchev–Trinajstić information content (AvgIpc) is 2.46. The molecule has 0 spiro atoms. The summed E-state index contributed by atoms with van der Waals surface area (Å²) < 4.78 is 32.2. The van der Waals surface area contributed by atoms with Crippen LogP contribution in [0.15, 0.2) is 42.5 Å². The van der Waals surface area contributed by atoms with Crippen molar-refractivity contribution in [2.75, 3.05) is 19.0 Å². The minimum Gasteiger partial charge on any atom is -0.386 e. The maximum Gasteiger partial charge on any atom is 0.132 e. The van der Waals surface area contributed by atoms with Gasteiger partial charge in [-0.05, 0) is 18.2 Å². The van der Waals surface area contributed by atoms with Crippen LogP contribution >= 0.6 is 0 Å². The maximum atomic E-state index is 13.6. The zero-order valence-electron chi connectivity index (χ0n) is 11.6. The van der Waals surface area contributed by atoms with Gasteiger partial charge in [0.05, 0.1) is 12.2 Å². The number of aliphatic hydroxyl groups is 1. The molecule has 0 saturated carbocycles. The predicted molar refractivity (Wildman–Crippen MR) is 77.0 cm³/mol. The molecule has 1 unspecified atom stereocenters. The monoisotopic (exact) mass is 293 g/mol. The molecule has 112 valence electrons. The first kappa shape index (κ1) is 15.4. The van der Waals surface area contributed by atoms with Crippen molar-refractivity contribution < 1.29 is 18.6 Å². The van der Waals surface area contributed by atoms with Gasteiger partial charge >= 0.3 is 0 Å². The van der Waals surface area contributed by atoms with Gasteiger partial charge in [-0.1, -0.05) is 24.3 Å². The van der Waals surface area contributed by atoms with E-state index in [1.54, 1.807) is 7.11 Å². The first-order valence-corrected chi connectivity index (χ1v) is 6.56. The highest BCUT2D eigenvalue weighted by molar-refractivity contribution is 5.51. The van der Waals surface area contributed by atoms with Gasteiger partial charge in [0.15, 0.2) is 0 Å². The van der Waals surface area contributed by atoms with Gasteiger partial charge in [0.25, 0.3) is 0 Å². The molecule has 0 saturated heterocycles. The van der Waals surface area contributed by atoms with Crippen molar-refractivity contribution in [3.8, 4) is 0 Å². The summed E-state index contributed by atoms with van der Waals surface area (Å²) in [6, 6.07) is 10.9. The fraction of sp³-hybridized carbons (Fsp3) is 0.250. The quantitative estimate of drug-likeness (QED) is 0.859. The number of para-hydroxylation sites is 1. The highest BCUT2D eigenvalue weighted by atomic mass is 19.1. The molecule has 0 bridgehead atoms.